The second kappa shape index (κ2) is 6.08. The molecule has 17 heavy (non-hydrogen) atoms. The van der Waals surface area contributed by atoms with E-state index in [0.717, 1.165) is 38.6 Å². The van der Waals surface area contributed by atoms with Crippen molar-refractivity contribution in [2.75, 3.05) is 6.54 Å². The van der Waals surface area contributed by atoms with Crippen molar-refractivity contribution >= 4 is 6.09 Å². The van der Waals surface area contributed by atoms with Gasteiger partial charge in [-0.2, -0.15) is 0 Å². The van der Waals surface area contributed by atoms with E-state index in [1.165, 1.54) is 0 Å². The van der Waals surface area contributed by atoms with Crippen LogP contribution in [0.5, 0.6) is 0 Å². The molecule has 1 rings (SSSR count). The van der Waals surface area contributed by atoms with Crippen LogP contribution >= 0.6 is 0 Å². The van der Waals surface area contributed by atoms with E-state index >= 15 is 0 Å². The van der Waals surface area contributed by atoms with Crippen molar-refractivity contribution in [3.8, 4) is 0 Å². The summed E-state index contributed by atoms with van der Waals surface area (Å²) in [6.45, 7) is 10.3. The van der Waals surface area contributed by atoms with E-state index in [-0.39, 0.29) is 6.09 Å². The fourth-order valence-electron chi connectivity index (χ4n) is 2.19. The number of nitrogens with zero attached hydrogens (tertiary/aromatic N) is 1. The number of amides is 1. The van der Waals surface area contributed by atoms with Crippen LogP contribution in [0.3, 0.4) is 0 Å². The second-order valence-corrected chi connectivity index (χ2v) is 5.69. The lowest BCUT2D eigenvalue weighted by Gasteiger charge is -2.28. The molecule has 3 heteroatoms. The molecule has 0 bridgehead atoms. The zero-order valence-corrected chi connectivity index (χ0v) is 11.4. The Bertz CT molecular complexity index is 268. The molecule has 0 aromatic carbocycles. The van der Waals surface area contributed by atoms with Gasteiger partial charge in [-0.15, -0.1) is 6.58 Å². The summed E-state index contributed by atoms with van der Waals surface area (Å²) >= 11 is 0. The monoisotopic (exact) mass is 239 g/mol. The number of carbonyl (C=O) groups excluding carboxylic acids is 1. The lowest BCUT2D eigenvalue weighted by molar-refractivity contribution is 0.0219. The molecule has 0 spiro atoms. The zero-order valence-electron chi connectivity index (χ0n) is 11.4. The van der Waals surface area contributed by atoms with Gasteiger partial charge in [-0.3, -0.25) is 0 Å². The normalized spacial score (nSPS) is 20.4. The Morgan fingerprint density at radius 2 is 2.24 bits per heavy atom. The van der Waals surface area contributed by atoms with Crippen molar-refractivity contribution in [1.82, 2.24) is 4.90 Å². The summed E-state index contributed by atoms with van der Waals surface area (Å²) in [6, 6.07) is 0.366. The van der Waals surface area contributed by atoms with Crippen molar-refractivity contribution < 1.29 is 9.53 Å². The molecule has 1 saturated heterocycles. The molecule has 1 aliphatic rings. The number of ether oxygens (including phenoxy) is 1. The highest BCUT2D eigenvalue weighted by molar-refractivity contribution is 5.68. The molecule has 1 fully saturated rings. The van der Waals surface area contributed by atoms with Crippen molar-refractivity contribution in [3.05, 3.63) is 12.7 Å². The fourth-order valence-corrected chi connectivity index (χ4v) is 2.19. The highest BCUT2D eigenvalue weighted by Crippen LogP contribution is 2.24. The Balaban J connectivity index is 2.45. The Labute approximate surface area is 105 Å². The molecule has 1 atom stereocenters. The summed E-state index contributed by atoms with van der Waals surface area (Å²) in [5.41, 5.74) is -0.397. The highest BCUT2D eigenvalue weighted by Gasteiger charge is 2.31. The van der Waals surface area contributed by atoms with E-state index < -0.39 is 5.60 Å². The van der Waals surface area contributed by atoms with Crippen molar-refractivity contribution in [2.24, 2.45) is 0 Å². The van der Waals surface area contributed by atoms with Crippen LogP contribution in [-0.4, -0.2) is 29.2 Å². The average Bonchev–Trinajstić information content (AvgIpc) is 2.64. The van der Waals surface area contributed by atoms with Gasteiger partial charge in [-0.05, 0) is 52.9 Å². The molecule has 1 aliphatic heterocycles. The van der Waals surface area contributed by atoms with Gasteiger partial charge in [-0.1, -0.05) is 6.08 Å². The lowest BCUT2D eigenvalue weighted by atomic mass is 10.1. The lowest BCUT2D eigenvalue weighted by Crippen LogP contribution is -2.39. The van der Waals surface area contributed by atoms with Crippen molar-refractivity contribution in [1.29, 1.82) is 0 Å². The quantitative estimate of drug-likeness (QED) is 0.552. The smallest absolute Gasteiger partial charge is 0.410 e. The molecule has 0 radical (unpaired) electrons. The first-order valence-corrected chi connectivity index (χ1v) is 6.54. The Kier molecular flexibility index (Phi) is 5.03. The molecular formula is C14H25NO2. The van der Waals surface area contributed by atoms with Gasteiger partial charge in [0, 0.05) is 12.6 Å². The van der Waals surface area contributed by atoms with Crippen LogP contribution in [0, 0.1) is 0 Å². The summed E-state index contributed by atoms with van der Waals surface area (Å²) in [6.07, 6.45) is 7.18. The summed E-state index contributed by atoms with van der Waals surface area (Å²) in [4.78, 5) is 13.9. The number of hydrogen-bond acceptors (Lipinski definition) is 2. The van der Waals surface area contributed by atoms with Crippen LogP contribution in [-0.2, 0) is 4.74 Å². The number of likely N-dealkylation sites (tertiary alicyclic amines) is 1. The maximum absolute atomic E-state index is 12.0. The molecule has 0 saturated carbocycles. The maximum atomic E-state index is 12.0. The summed E-state index contributed by atoms with van der Waals surface area (Å²) in [5, 5.41) is 0. The van der Waals surface area contributed by atoms with Crippen molar-refractivity contribution in [3.63, 3.8) is 0 Å². The molecule has 0 aromatic rings. The van der Waals surface area contributed by atoms with Crippen LogP contribution < -0.4 is 0 Å². The molecule has 1 amide bonds. The van der Waals surface area contributed by atoms with Crippen LogP contribution in [0.2, 0.25) is 0 Å². The molecule has 0 aromatic heterocycles. The van der Waals surface area contributed by atoms with Gasteiger partial charge in [-0.25, -0.2) is 4.79 Å². The van der Waals surface area contributed by atoms with Gasteiger partial charge < -0.3 is 9.64 Å². The SMILES string of the molecule is C=CCCCC1CCCN1C(=O)OC(C)(C)C. The largest absolute Gasteiger partial charge is 0.444 e. The first kappa shape index (κ1) is 14.1. The molecule has 0 aliphatic carbocycles. The minimum atomic E-state index is -0.397. The maximum Gasteiger partial charge on any atom is 0.410 e. The van der Waals surface area contributed by atoms with E-state index in [1.807, 2.05) is 31.7 Å². The van der Waals surface area contributed by atoms with Crippen molar-refractivity contribution in [2.45, 2.75) is 64.5 Å². The first-order chi connectivity index (χ1) is 7.94. The van der Waals surface area contributed by atoms with Crippen LogP contribution in [0.25, 0.3) is 0 Å². The van der Waals surface area contributed by atoms with Gasteiger partial charge >= 0.3 is 6.09 Å². The number of hydrogen-bond donors (Lipinski definition) is 0. The molecule has 1 unspecified atom stereocenters. The summed E-state index contributed by atoms with van der Waals surface area (Å²) < 4.78 is 5.43. The number of carbonyl (C=O) groups is 1. The minimum Gasteiger partial charge on any atom is -0.444 e. The van der Waals surface area contributed by atoms with E-state index in [9.17, 15) is 4.79 Å². The average molecular weight is 239 g/mol. The van der Waals surface area contributed by atoms with Crippen LogP contribution in [0.4, 0.5) is 4.79 Å². The van der Waals surface area contributed by atoms with E-state index in [1.54, 1.807) is 0 Å². The van der Waals surface area contributed by atoms with Gasteiger partial charge in [0.1, 0.15) is 5.60 Å². The molecule has 1 heterocycles. The topological polar surface area (TPSA) is 29.5 Å². The molecule has 3 nitrogen and oxygen atoms in total. The van der Waals surface area contributed by atoms with Gasteiger partial charge in [0.15, 0.2) is 0 Å². The summed E-state index contributed by atoms with van der Waals surface area (Å²) in [5.74, 6) is 0. The van der Waals surface area contributed by atoms with E-state index in [0.29, 0.717) is 6.04 Å². The number of unbranched alkanes of at least 4 members (excludes halogenated alkanes) is 1. The predicted molar refractivity (Wildman–Crippen MR) is 70.0 cm³/mol. The van der Waals surface area contributed by atoms with E-state index in [2.05, 4.69) is 6.58 Å². The highest BCUT2D eigenvalue weighted by atomic mass is 16.6. The van der Waals surface area contributed by atoms with Crippen LogP contribution in [0.15, 0.2) is 12.7 Å². The standard InChI is InChI=1S/C14H25NO2/c1-5-6-7-9-12-10-8-11-15(12)13(16)17-14(2,3)4/h5,12H,1,6-11H2,2-4H3. The Morgan fingerprint density at radius 3 is 2.82 bits per heavy atom. The fraction of sp³-hybridized carbons (Fsp3) is 0.786. The first-order valence-electron chi connectivity index (χ1n) is 6.54. The Morgan fingerprint density at radius 1 is 1.53 bits per heavy atom. The zero-order chi connectivity index (χ0) is 12.9. The van der Waals surface area contributed by atoms with Gasteiger partial charge in [0.2, 0.25) is 0 Å². The molecular weight excluding hydrogens is 214 g/mol. The number of rotatable bonds is 4. The van der Waals surface area contributed by atoms with Gasteiger partial charge in [0.05, 0.1) is 0 Å². The second-order valence-electron chi connectivity index (χ2n) is 5.69. The third-order valence-electron chi connectivity index (χ3n) is 2.95. The molecule has 98 valence electrons. The number of allylic oxidation sites excluding steroid dienone is 1. The molecule has 0 N–H and O–H groups in total. The predicted octanol–water partition coefficient (Wildman–Crippen LogP) is 3.74. The van der Waals surface area contributed by atoms with Crippen LogP contribution in [0.1, 0.15) is 52.9 Å². The minimum absolute atomic E-state index is 0.154. The Hall–Kier alpha value is -0.990. The van der Waals surface area contributed by atoms with Gasteiger partial charge in [0.25, 0.3) is 0 Å². The van der Waals surface area contributed by atoms with E-state index in [4.69, 9.17) is 4.74 Å². The third-order valence-corrected chi connectivity index (χ3v) is 2.95. The third kappa shape index (κ3) is 4.80. The summed E-state index contributed by atoms with van der Waals surface area (Å²) in [7, 11) is 0.